The molecule has 0 radical (unpaired) electrons. The molecule has 29 heavy (non-hydrogen) atoms. The first-order valence-corrected chi connectivity index (χ1v) is 10.1. The van der Waals surface area contributed by atoms with Crippen molar-refractivity contribution in [3.8, 4) is 5.13 Å². The number of hydrogen-bond donors (Lipinski definition) is 1. The van der Waals surface area contributed by atoms with Gasteiger partial charge in [0.15, 0.2) is 5.69 Å². The highest BCUT2D eigenvalue weighted by molar-refractivity contribution is 7.20. The third kappa shape index (κ3) is 3.86. The molecule has 3 aromatic rings. The summed E-state index contributed by atoms with van der Waals surface area (Å²) in [5.41, 5.74) is -1.61. The third-order valence-corrected chi connectivity index (χ3v) is 5.80. The van der Waals surface area contributed by atoms with Crippen LogP contribution < -0.4 is 5.56 Å². The van der Waals surface area contributed by atoms with Gasteiger partial charge in [0.2, 0.25) is 5.13 Å². The monoisotopic (exact) mass is 424 g/mol. The number of alkyl halides is 3. The van der Waals surface area contributed by atoms with Gasteiger partial charge in [0.25, 0.3) is 5.56 Å². The summed E-state index contributed by atoms with van der Waals surface area (Å²) in [4.78, 5) is 21.6. The van der Waals surface area contributed by atoms with Crippen LogP contribution in [0.15, 0.2) is 34.1 Å². The van der Waals surface area contributed by atoms with E-state index in [1.807, 2.05) is 0 Å². The largest absolute Gasteiger partial charge is 0.433 e. The summed E-state index contributed by atoms with van der Waals surface area (Å²) in [7, 11) is 0. The van der Waals surface area contributed by atoms with Crippen molar-refractivity contribution in [2.75, 3.05) is 13.2 Å². The number of rotatable bonds is 5. The van der Waals surface area contributed by atoms with E-state index in [1.165, 1.54) is 0 Å². The lowest BCUT2D eigenvalue weighted by molar-refractivity contribution is -0.141. The molecule has 10 heteroatoms. The van der Waals surface area contributed by atoms with E-state index in [9.17, 15) is 18.0 Å². The lowest BCUT2D eigenvalue weighted by atomic mass is 10.1. The van der Waals surface area contributed by atoms with Gasteiger partial charge in [-0.3, -0.25) is 14.9 Å². The highest BCUT2D eigenvalue weighted by atomic mass is 32.1. The van der Waals surface area contributed by atoms with Crippen molar-refractivity contribution in [1.29, 1.82) is 0 Å². The van der Waals surface area contributed by atoms with Gasteiger partial charge in [-0.15, -0.1) is 0 Å². The molecule has 1 atom stereocenters. The number of H-pyrrole nitrogens is 1. The molecule has 1 fully saturated rings. The van der Waals surface area contributed by atoms with E-state index < -0.39 is 23.0 Å². The minimum Gasteiger partial charge on any atom is -0.376 e. The number of aliphatic imine (C=N–C) groups is 1. The van der Waals surface area contributed by atoms with Gasteiger partial charge in [-0.05, 0) is 31.4 Å². The number of halogens is 3. The molecule has 0 saturated carbocycles. The maximum atomic E-state index is 13.7. The van der Waals surface area contributed by atoms with Gasteiger partial charge in [-0.2, -0.15) is 17.9 Å². The van der Waals surface area contributed by atoms with Gasteiger partial charge in [-0.1, -0.05) is 30.4 Å². The van der Waals surface area contributed by atoms with Crippen LogP contribution in [0.2, 0.25) is 0 Å². The van der Waals surface area contributed by atoms with E-state index in [0.29, 0.717) is 12.1 Å². The fourth-order valence-corrected chi connectivity index (χ4v) is 4.29. The number of nitrogens with zero attached hydrogens (tertiary/aromatic N) is 3. The Balaban J connectivity index is 1.81. The molecule has 1 saturated heterocycles. The summed E-state index contributed by atoms with van der Waals surface area (Å²) >= 11 is 1.14. The SMILES string of the molecule is CCC(=NCC1CCCO1)c1c(C(F)(F)F)[nH]n(-c2nc3ccccc3s2)c1=O. The fraction of sp³-hybridized carbons (Fsp3) is 0.421. The van der Waals surface area contributed by atoms with E-state index in [-0.39, 0.29) is 29.9 Å². The molecule has 0 bridgehead atoms. The second kappa shape index (κ2) is 7.75. The van der Waals surface area contributed by atoms with E-state index in [0.717, 1.165) is 33.6 Å². The van der Waals surface area contributed by atoms with Gasteiger partial charge in [0.05, 0.1) is 28.4 Å². The lowest BCUT2D eigenvalue weighted by Gasteiger charge is -2.09. The Morgan fingerprint density at radius 2 is 2.21 bits per heavy atom. The van der Waals surface area contributed by atoms with Crippen LogP contribution in [0.5, 0.6) is 0 Å². The standard InChI is InChI=1S/C19H19F3N4O2S/c1-2-12(23-10-11-6-5-9-28-11)15-16(19(20,21)22)25-26(17(15)27)18-24-13-7-3-4-8-14(13)29-18/h3-4,7-8,11,25H,2,5-6,9-10H2,1H3. The molecule has 154 valence electrons. The Hall–Kier alpha value is -2.46. The van der Waals surface area contributed by atoms with E-state index in [1.54, 1.807) is 31.2 Å². The molecule has 1 unspecified atom stereocenters. The average Bonchev–Trinajstić information content (AvgIpc) is 3.40. The van der Waals surface area contributed by atoms with Crippen molar-refractivity contribution in [2.45, 2.75) is 38.5 Å². The summed E-state index contributed by atoms with van der Waals surface area (Å²) in [5.74, 6) is 0. The third-order valence-electron chi connectivity index (χ3n) is 4.78. The molecule has 0 spiro atoms. The van der Waals surface area contributed by atoms with Gasteiger partial charge in [-0.25, -0.2) is 4.98 Å². The minimum absolute atomic E-state index is 0.115. The predicted octanol–water partition coefficient (Wildman–Crippen LogP) is 4.17. The quantitative estimate of drug-likeness (QED) is 0.625. The van der Waals surface area contributed by atoms with E-state index in [4.69, 9.17) is 4.74 Å². The number of thiazole rings is 1. The summed E-state index contributed by atoms with van der Waals surface area (Å²) in [6.45, 7) is 2.55. The van der Waals surface area contributed by atoms with Gasteiger partial charge in [0.1, 0.15) is 0 Å². The normalized spacial score (nSPS) is 18.1. The number of aromatic amines is 1. The van der Waals surface area contributed by atoms with Gasteiger partial charge >= 0.3 is 6.18 Å². The highest BCUT2D eigenvalue weighted by Gasteiger charge is 2.39. The first-order chi connectivity index (χ1) is 13.9. The molecular formula is C19H19F3N4O2S. The van der Waals surface area contributed by atoms with Crippen molar-refractivity contribution in [3.63, 3.8) is 0 Å². The molecule has 3 heterocycles. The molecule has 1 aliphatic rings. The maximum Gasteiger partial charge on any atom is 0.433 e. The summed E-state index contributed by atoms with van der Waals surface area (Å²) < 4.78 is 48.3. The van der Waals surface area contributed by atoms with Crippen LogP contribution in [0.1, 0.15) is 37.4 Å². The highest BCUT2D eigenvalue weighted by Crippen LogP contribution is 2.31. The number of ether oxygens (including phenoxy) is 1. The zero-order chi connectivity index (χ0) is 20.6. The Labute approximate surface area is 168 Å². The number of nitrogens with one attached hydrogen (secondary N) is 1. The number of aromatic nitrogens is 3. The van der Waals surface area contributed by atoms with E-state index >= 15 is 0 Å². The maximum absolute atomic E-state index is 13.7. The zero-order valence-corrected chi connectivity index (χ0v) is 16.4. The van der Waals surface area contributed by atoms with Crippen molar-refractivity contribution in [2.24, 2.45) is 4.99 Å². The number of hydrogen-bond acceptors (Lipinski definition) is 5. The van der Waals surface area contributed by atoms with Crippen LogP contribution in [0.4, 0.5) is 13.2 Å². The van der Waals surface area contributed by atoms with Crippen LogP contribution >= 0.6 is 11.3 Å². The average molecular weight is 424 g/mol. The fourth-order valence-electron chi connectivity index (χ4n) is 3.37. The van der Waals surface area contributed by atoms with Crippen molar-refractivity contribution in [3.05, 3.63) is 45.9 Å². The summed E-state index contributed by atoms with van der Waals surface area (Å²) in [6.07, 6.45) is -2.92. The molecule has 0 aliphatic carbocycles. The van der Waals surface area contributed by atoms with Crippen LogP contribution in [0, 0.1) is 0 Å². The van der Waals surface area contributed by atoms with Gasteiger partial charge < -0.3 is 4.74 Å². The smallest absolute Gasteiger partial charge is 0.376 e. The van der Waals surface area contributed by atoms with Crippen LogP contribution in [-0.2, 0) is 10.9 Å². The second-order valence-electron chi connectivity index (χ2n) is 6.74. The molecule has 0 amide bonds. The zero-order valence-electron chi connectivity index (χ0n) is 15.6. The summed E-state index contributed by atoms with van der Waals surface area (Å²) in [6, 6.07) is 7.14. The van der Waals surface area contributed by atoms with Gasteiger partial charge in [0, 0.05) is 12.3 Å². The Morgan fingerprint density at radius 1 is 1.41 bits per heavy atom. The molecule has 4 rings (SSSR count). The van der Waals surface area contributed by atoms with Crippen LogP contribution in [0.25, 0.3) is 15.3 Å². The topological polar surface area (TPSA) is 72.3 Å². The number of para-hydroxylation sites is 1. The van der Waals surface area contributed by atoms with Crippen LogP contribution in [-0.4, -0.2) is 39.7 Å². The molecule has 2 aromatic heterocycles. The summed E-state index contributed by atoms with van der Waals surface area (Å²) in [5, 5.41) is 2.38. The molecule has 1 N–H and O–H groups in total. The molecule has 1 aromatic carbocycles. The Bertz CT molecular complexity index is 1070. The molecule has 1 aliphatic heterocycles. The minimum atomic E-state index is -4.73. The van der Waals surface area contributed by atoms with Crippen LogP contribution in [0.3, 0.4) is 0 Å². The van der Waals surface area contributed by atoms with E-state index in [2.05, 4.69) is 15.1 Å². The Morgan fingerprint density at radius 3 is 2.86 bits per heavy atom. The molecular weight excluding hydrogens is 405 g/mol. The second-order valence-corrected chi connectivity index (χ2v) is 7.75. The first kappa shape index (κ1) is 19.8. The first-order valence-electron chi connectivity index (χ1n) is 9.32. The number of fused-ring (bicyclic) bond motifs is 1. The van der Waals surface area contributed by atoms with Crippen molar-refractivity contribution >= 4 is 27.3 Å². The molecule has 6 nitrogen and oxygen atoms in total. The number of benzene rings is 1. The lowest BCUT2D eigenvalue weighted by Crippen LogP contribution is -2.23. The van der Waals surface area contributed by atoms with Crippen molar-refractivity contribution in [1.82, 2.24) is 14.8 Å². The van der Waals surface area contributed by atoms with Crippen molar-refractivity contribution < 1.29 is 17.9 Å². The predicted molar refractivity (Wildman–Crippen MR) is 105 cm³/mol. The Kier molecular flexibility index (Phi) is 5.30.